The fourth-order valence-electron chi connectivity index (χ4n) is 1.05. The van der Waals surface area contributed by atoms with Crippen molar-refractivity contribution in [3.63, 3.8) is 0 Å². The standard InChI is InChI=1S/C10H7BrClN3O/c11-6-1-3-7(4-2-6)16-9-8(12)5-14-10(13)15-9/h1-5H,(H2,13,14,15). The number of ether oxygens (including phenoxy) is 1. The van der Waals surface area contributed by atoms with Gasteiger partial charge >= 0.3 is 0 Å². The molecule has 0 aliphatic carbocycles. The molecule has 6 heteroatoms. The van der Waals surface area contributed by atoms with Gasteiger partial charge in [-0.1, -0.05) is 27.5 Å². The second-order valence-corrected chi connectivity index (χ2v) is 4.26. The van der Waals surface area contributed by atoms with Crippen molar-refractivity contribution in [2.24, 2.45) is 0 Å². The van der Waals surface area contributed by atoms with Gasteiger partial charge in [-0.25, -0.2) is 4.98 Å². The molecule has 16 heavy (non-hydrogen) atoms. The van der Waals surface area contributed by atoms with Crippen molar-refractivity contribution >= 4 is 33.5 Å². The summed E-state index contributed by atoms with van der Waals surface area (Å²) in [5.74, 6) is 0.996. The van der Waals surface area contributed by atoms with Gasteiger partial charge in [0.25, 0.3) is 0 Å². The molecular weight excluding hydrogens is 293 g/mol. The summed E-state index contributed by atoms with van der Waals surface area (Å²) < 4.78 is 6.43. The number of rotatable bonds is 2. The first-order valence-corrected chi connectivity index (χ1v) is 5.53. The summed E-state index contributed by atoms with van der Waals surface area (Å²) in [7, 11) is 0. The minimum Gasteiger partial charge on any atom is -0.437 e. The Hall–Kier alpha value is -1.33. The number of hydrogen-bond donors (Lipinski definition) is 1. The lowest BCUT2D eigenvalue weighted by atomic mass is 10.3. The van der Waals surface area contributed by atoms with Crippen LogP contribution in [0.1, 0.15) is 0 Å². The fourth-order valence-corrected chi connectivity index (χ4v) is 1.44. The number of aromatic nitrogens is 2. The van der Waals surface area contributed by atoms with E-state index in [1.54, 1.807) is 12.1 Å². The molecule has 0 bridgehead atoms. The van der Waals surface area contributed by atoms with Crippen molar-refractivity contribution in [3.05, 3.63) is 40.0 Å². The summed E-state index contributed by atoms with van der Waals surface area (Å²) in [4.78, 5) is 7.63. The lowest BCUT2D eigenvalue weighted by Crippen LogP contribution is -1.97. The van der Waals surface area contributed by atoms with Crippen molar-refractivity contribution in [2.75, 3.05) is 5.73 Å². The van der Waals surface area contributed by atoms with Crippen molar-refractivity contribution in [2.45, 2.75) is 0 Å². The maximum Gasteiger partial charge on any atom is 0.243 e. The zero-order valence-corrected chi connectivity index (χ0v) is 10.4. The summed E-state index contributed by atoms with van der Waals surface area (Å²) in [5.41, 5.74) is 5.44. The zero-order valence-electron chi connectivity index (χ0n) is 8.02. The second kappa shape index (κ2) is 4.67. The summed E-state index contributed by atoms with van der Waals surface area (Å²) in [6.07, 6.45) is 1.40. The predicted octanol–water partition coefficient (Wildman–Crippen LogP) is 3.27. The molecule has 0 fully saturated rings. The van der Waals surface area contributed by atoms with Crippen LogP contribution >= 0.6 is 27.5 Å². The van der Waals surface area contributed by atoms with Crippen LogP contribution in [-0.4, -0.2) is 9.97 Å². The van der Waals surface area contributed by atoms with Gasteiger partial charge in [-0.3, -0.25) is 0 Å². The van der Waals surface area contributed by atoms with Crippen LogP contribution in [0.4, 0.5) is 5.95 Å². The number of hydrogen-bond acceptors (Lipinski definition) is 4. The predicted molar refractivity (Wildman–Crippen MR) is 65.7 cm³/mol. The van der Waals surface area contributed by atoms with E-state index in [1.807, 2.05) is 12.1 Å². The van der Waals surface area contributed by atoms with Gasteiger partial charge in [0.1, 0.15) is 10.8 Å². The number of nitrogen functional groups attached to an aromatic ring is 1. The number of benzene rings is 1. The Balaban J connectivity index is 2.26. The number of anilines is 1. The molecule has 2 aromatic rings. The molecule has 0 aliphatic rings. The number of nitrogens with two attached hydrogens (primary N) is 1. The maximum absolute atomic E-state index is 5.86. The highest BCUT2D eigenvalue weighted by Gasteiger charge is 2.06. The highest BCUT2D eigenvalue weighted by Crippen LogP contribution is 2.27. The fraction of sp³-hybridized carbons (Fsp3) is 0. The molecule has 0 saturated carbocycles. The lowest BCUT2D eigenvalue weighted by molar-refractivity contribution is 0.463. The van der Waals surface area contributed by atoms with Gasteiger partial charge in [0.2, 0.25) is 11.8 Å². The SMILES string of the molecule is Nc1ncc(Cl)c(Oc2ccc(Br)cc2)n1. The third-order valence-corrected chi connectivity index (χ3v) is 2.55. The van der Waals surface area contributed by atoms with Crippen molar-refractivity contribution in [1.82, 2.24) is 9.97 Å². The second-order valence-electron chi connectivity index (χ2n) is 2.94. The zero-order chi connectivity index (χ0) is 11.5. The molecule has 82 valence electrons. The molecule has 1 aromatic carbocycles. The molecular formula is C10H7BrClN3O. The molecule has 0 saturated heterocycles. The van der Waals surface area contributed by atoms with Gasteiger partial charge in [0, 0.05) is 4.47 Å². The van der Waals surface area contributed by atoms with Gasteiger partial charge in [0.05, 0.1) is 6.20 Å². The summed E-state index contributed by atoms with van der Waals surface area (Å²) >= 11 is 9.19. The van der Waals surface area contributed by atoms with Crippen LogP contribution in [0.15, 0.2) is 34.9 Å². The monoisotopic (exact) mass is 299 g/mol. The van der Waals surface area contributed by atoms with Gasteiger partial charge in [-0.2, -0.15) is 4.98 Å². The molecule has 0 spiro atoms. The van der Waals surface area contributed by atoms with E-state index < -0.39 is 0 Å². The normalized spacial score (nSPS) is 10.1. The third kappa shape index (κ3) is 2.62. The smallest absolute Gasteiger partial charge is 0.243 e. The Morgan fingerprint density at radius 1 is 1.25 bits per heavy atom. The lowest BCUT2D eigenvalue weighted by Gasteiger charge is -2.06. The first-order chi connectivity index (χ1) is 7.65. The third-order valence-electron chi connectivity index (χ3n) is 1.76. The van der Waals surface area contributed by atoms with E-state index >= 15 is 0 Å². The summed E-state index contributed by atoms with van der Waals surface area (Å²) in [6.45, 7) is 0. The van der Waals surface area contributed by atoms with Crippen LogP contribution in [0.2, 0.25) is 5.02 Å². The number of halogens is 2. The Kier molecular flexibility index (Phi) is 3.26. The maximum atomic E-state index is 5.86. The average Bonchev–Trinajstić information content (AvgIpc) is 2.27. The van der Waals surface area contributed by atoms with Crippen LogP contribution < -0.4 is 10.5 Å². The Bertz CT molecular complexity index is 504. The van der Waals surface area contributed by atoms with E-state index in [2.05, 4.69) is 25.9 Å². The molecule has 2 rings (SSSR count). The molecule has 1 heterocycles. The summed E-state index contributed by atoms with van der Waals surface area (Å²) in [5, 5.41) is 0.317. The highest BCUT2D eigenvalue weighted by atomic mass is 79.9. The number of nitrogens with zero attached hydrogens (tertiary/aromatic N) is 2. The van der Waals surface area contributed by atoms with Crippen LogP contribution in [0.25, 0.3) is 0 Å². The van der Waals surface area contributed by atoms with Gasteiger partial charge < -0.3 is 10.5 Å². The van der Waals surface area contributed by atoms with Crippen LogP contribution in [0.5, 0.6) is 11.6 Å². The van der Waals surface area contributed by atoms with Crippen molar-refractivity contribution in [1.29, 1.82) is 0 Å². The van der Waals surface area contributed by atoms with Gasteiger partial charge in [-0.15, -0.1) is 0 Å². The van der Waals surface area contributed by atoms with Gasteiger partial charge in [0.15, 0.2) is 0 Å². The van der Waals surface area contributed by atoms with E-state index in [1.165, 1.54) is 6.20 Å². The minimum absolute atomic E-state index is 0.122. The highest BCUT2D eigenvalue weighted by molar-refractivity contribution is 9.10. The molecule has 0 aliphatic heterocycles. The van der Waals surface area contributed by atoms with Crippen LogP contribution in [-0.2, 0) is 0 Å². The molecule has 0 atom stereocenters. The van der Waals surface area contributed by atoms with Crippen molar-refractivity contribution < 1.29 is 4.74 Å². The molecule has 1 aromatic heterocycles. The Morgan fingerprint density at radius 3 is 2.62 bits per heavy atom. The largest absolute Gasteiger partial charge is 0.437 e. The molecule has 0 unspecified atom stereocenters. The van der Waals surface area contributed by atoms with E-state index in [-0.39, 0.29) is 11.8 Å². The topological polar surface area (TPSA) is 61.0 Å². The molecule has 2 N–H and O–H groups in total. The van der Waals surface area contributed by atoms with E-state index in [9.17, 15) is 0 Å². The minimum atomic E-state index is 0.122. The van der Waals surface area contributed by atoms with E-state index in [0.717, 1.165) is 4.47 Å². The van der Waals surface area contributed by atoms with E-state index in [0.29, 0.717) is 10.8 Å². The molecule has 0 radical (unpaired) electrons. The summed E-state index contributed by atoms with van der Waals surface area (Å²) in [6, 6.07) is 7.29. The van der Waals surface area contributed by atoms with Crippen molar-refractivity contribution in [3.8, 4) is 11.6 Å². The van der Waals surface area contributed by atoms with Gasteiger partial charge in [-0.05, 0) is 24.3 Å². The Labute approximate surface area is 106 Å². The molecule has 0 amide bonds. The first kappa shape index (κ1) is 11.2. The van der Waals surface area contributed by atoms with Crippen LogP contribution in [0.3, 0.4) is 0 Å². The first-order valence-electron chi connectivity index (χ1n) is 4.36. The quantitative estimate of drug-likeness (QED) is 0.924. The van der Waals surface area contributed by atoms with E-state index in [4.69, 9.17) is 22.1 Å². The Morgan fingerprint density at radius 2 is 1.94 bits per heavy atom. The van der Waals surface area contributed by atoms with Crippen LogP contribution in [0, 0.1) is 0 Å². The average molecular weight is 301 g/mol. The molecule has 4 nitrogen and oxygen atoms in total.